The molecule has 62 heavy (non-hydrogen) atoms. The van der Waals surface area contributed by atoms with Crippen molar-refractivity contribution in [3.05, 3.63) is 168 Å². The van der Waals surface area contributed by atoms with Gasteiger partial charge in [0.2, 0.25) is 5.89 Å². The number of aromatic nitrogens is 2. The van der Waals surface area contributed by atoms with Gasteiger partial charge in [0.25, 0.3) is 0 Å². The zero-order valence-electron chi connectivity index (χ0n) is 35.2. The van der Waals surface area contributed by atoms with E-state index >= 15 is 0 Å². The molecule has 14 rings (SSSR count). The predicted molar refractivity (Wildman–Crippen MR) is 262 cm³/mol. The molecule has 0 bridgehead atoms. The number of nitrogens with zero attached hydrogens (tertiary/aromatic N) is 3. The molecule has 294 valence electrons. The van der Waals surface area contributed by atoms with Crippen molar-refractivity contribution in [3.63, 3.8) is 0 Å². The highest BCUT2D eigenvalue weighted by molar-refractivity contribution is 7.25. The van der Waals surface area contributed by atoms with E-state index in [1.807, 2.05) is 29.5 Å². The van der Waals surface area contributed by atoms with Gasteiger partial charge in [-0.05, 0) is 110 Å². The molecule has 4 nitrogen and oxygen atoms in total. The van der Waals surface area contributed by atoms with Gasteiger partial charge < -0.3 is 13.8 Å². The second-order valence-corrected chi connectivity index (χ2v) is 20.2. The van der Waals surface area contributed by atoms with Crippen LogP contribution in [0, 0.1) is 0 Å². The van der Waals surface area contributed by atoms with Crippen molar-refractivity contribution in [2.75, 3.05) is 4.81 Å². The van der Waals surface area contributed by atoms with Crippen LogP contribution in [0.3, 0.4) is 0 Å². The summed E-state index contributed by atoms with van der Waals surface area (Å²) in [6.45, 7) is 11.5. The summed E-state index contributed by atoms with van der Waals surface area (Å²) in [5.74, 6) is 0.635. The summed E-state index contributed by atoms with van der Waals surface area (Å²) in [5.41, 5.74) is 20.4. The molecule has 5 heterocycles. The van der Waals surface area contributed by atoms with E-state index in [1.165, 1.54) is 103 Å². The Balaban J connectivity index is 1.14. The first-order chi connectivity index (χ1) is 30.1. The summed E-state index contributed by atoms with van der Waals surface area (Å²) >= 11 is 1.89. The van der Waals surface area contributed by atoms with E-state index in [-0.39, 0.29) is 17.7 Å². The lowest BCUT2D eigenvalue weighted by Gasteiger charge is -2.42. The van der Waals surface area contributed by atoms with Gasteiger partial charge in [-0.25, -0.2) is 4.98 Å². The van der Waals surface area contributed by atoms with Gasteiger partial charge in [0, 0.05) is 70.6 Å². The molecule has 0 saturated carbocycles. The normalized spacial score (nSPS) is 14.6. The minimum absolute atomic E-state index is 0.0294. The predicted octanol–water partition coefficient (Wildman–Crippen LogP) is 13.8. The van der Waals surface area contributed by atoms with Crippen molar-refractivity contribution >= 4 is 93.6 Å². The SMILES string of the molecule is CC(C)(C)c1ccc(N2B3c4cc5nc(-c6ccccc6)oc5cc4-n4c5cc6c(cc5c5ccc(c3c54)-c3cc4sc5ccccc5c4cc32)-c2ccccc2C6(C)C)cc1. The number of fused-ring (bicyclic) bond motifs is 15. The number of benzene rings is 8. The Morgan fingerprint density at radius 2 is 1.40 bits per heavy atom. The van der Waals surface area contributed by atoms with Gasteiger partial charge in [-0.15, -0.1) is 11.3 Å². The van der Waals surface area contributed by atoms with E-state index < -0.39 is 0 Å². The zero-order valence-corrected chi connectivity index (χ0v) is 36.0. The topological polar surface area (TPSA) is 34.2 Å². The summed E-state index contributed by atoms with van der Waals surface area (Å²) in [4.78, 5) is 7.84. The summed E-state index contributed by atoms with van der Waals surface area (Å²) < 4.78 is 11.9. The first-order valence-electron chi connectivity index (χ1n) is 21.7. The van der Waals surface area contributed by atoms with Gasteiger partial charge in [-0.2, -0.15) is 0 Å². The van der Waals surface area contributed by atoms with Crippen LogP contribution in [0.4, 0.5) is 11.4 Å². The second-order valence-electron chi connectivity index (χ2n) is 19.1. The molecule has 2 aliphatic heterocycles. The van der Waals surface area contributed by atoms with Crippen molar-refractivity contribution in [3.8, 4) is 39.4 Å². The molecule has 0 fully saturated rings. The largest absolute Gasteiger partial charge is 0.436 e. The monoisotopic (exact) mass is 813 g/mol. The smallest absolute Gasteiger partial charge is 0.333 e. The maximum atomic E-state index is 6.70. The zero-order chi connectivity index (χ0) is 41.4. The molecule has 3 aliphatic rings. The summed E-state index contributed by atoms with van der Waals surface area (Å²) in [6, 6.07) is 56.9. The molecule has 0 amide bonds. The third-order valence-corrected chi connectivity index (χ3v) is 15.5. The Morgan fingerprint density at radius 3 is 2.24 bits per heavy atom. The third kappa shape index (κ3) is 4.45. The molecule has 1 aliphatic carbocycles. The van der Waals surface area contributed by atoms with Crippen molar-refractivity contribution in [1.82, 2.24) is 9.55 Å². The summed E-state index contributed by atoms with van der Waals surface area (Å²) in [7, 11) is 0. The highest BCUT2D eigenvalue weighted by Gasteiger charge is 2.45. The van der Waals surface area contributed by atoms with Crippen LogP contribution >= 0.6 is 11.3 Å². The van der Waals surface area contributed by atoms with Gasteiger partial charge in [-0.1, -0.05) is 120 Å². The van der Waals surface area contributed by atoms with Gasteiger partial charge in [0.15, 0.2) is 5.58 Å². The fourth-order valence-electron chi connectivity index (χ4n) is 11.3. The van der Waals surface area contributed by atoms with Crippen molar-refractivity contribution in [1.29, 1.82) is 0 Å². The van der Waals surface area contributed by atoms with Crippen LogP contribution in [0.5, 0.6) is 0 Å². The molecule has 11 aromatic rings. The minimum atomic E-state index is -0.139. The Hall–Kier alpha value is -6.89. The number of thiophene rings is 1. The number of oxazole rings is 1. The molecule has 8 aromatic carbocycles. The summed E-state index contributed by atoms with van der Waals surface area (Å²) in [6.07, 6.45) is 0. The van der Waals surface area contributed by atoms with Crippen molar-refractivity contribution in [2.24, 2.45) is 0 Å². The Kier molecular flexibility index (Phi) is 6.58. The van der Waals surface area contributed by atoms with Crippen LogP contribution in [0.15, 0.2) is 156 Å². The Labute approximate surface area is 363 Å². The number of rotatable bonds is 2. The molecule has 0 saturated heterocycles. The lowest BCUT2D eigenvalue weighted by atomic mass is 9.44. The van der Waals surface area contributed by atoms with Gasteiger partial charge in [0.05, 0.1) is 11.0 Å². The van der Waals surface area contributed by atoms with E-state index in [4.69, 9.17) is 9.40 Å². The molecular formula is C56H40BN3OS. The molecular weight excluding hydrogens is 774 g/mol. The maximum Gasteiger partial charge on any atom is 0.333 e. The third-order valence-electron chi connectivity index (χ3n) is 14.4. The average Bonchev–Trinajstić information content (AvgIpc) is 4.02. The fraction of sp³-hybridized carbons (Fsp3) is 0.125. The molecule has 0 unspecified atom stereocenters. The fourth-order valence-corrected chi connectivity index (χ4v) is 12.5. The van der Waals surface area contributed by atoms with Gasteiger partial charge >= 0.3 is 6.85 Å². The summed E-state index contributed by atoms with van der Waals surface area (Å²) in [5, 5.41) is 5.15. The van der Waals surface area contributed by atoms with Crippen LogP contribution in [-0.4, -0.2) is 16.4 Å². The Bertz CT molecular complexity index is 3770. The number of hydrogen-bond acceptors (Lipinski definition) is 4. The van der Waals surface area contributed by atoms with Crippen LogP contribution in [-0.2, 0) is 10.8 Å². The Morgan fingerprint density at radius 1 is 0.613 bits per heavy atom. The number of anilines is 2. The molecule has 0 atom stereocenters. The molecule has 0 radical (unpaired) electrons. The van der Waals surface area contributed by atoms with E-state index in [2.05, 4.69) is 177 Å². The van der Waals surface area contributed by atoms with E-state index in [1.54, 1.807) is 0 Å². The molecule has 0 spiro atoms. The molecule has 3 aromatic heterocycles. The average molecular weight is 814 g/mol. The lowest BCUT2D eigenvalue weighted by molar-refractivity contribution is 0.590. The second kappa shape index (κ2) is 11.7. The first kappa shape index (κ1) is 34.8. The number of hydrogen-bond donors (Lipinski definition) is 0. The van der Waals surface area contributed by atoms with Crippen LogP contribution in [0.25, 0.3) is 92.5 Å². The van der Waals surface area contributed by atoms with Gasteiger partial charge in [-0.3, -0.25) is 0 Å². The lowest BCUT2D eigenvalue weighted by Crippen LogP contribution is -2.60. The standard InChI is InChI=1S/C56H40BN3OS/c1-55(2,3)32-19-21-33(22-20-32)60-47-26-41-35-16-10-12-18-50(35)62-51(41)27-40(47)36-23-24-37-39-25-38-34-15-9-11-17-42(34)56(4,5)43(38)28-46(39)59-48-30-49-45(29-44(48)57(60)52(36)53(37)59)58-54(61-49)31-13-7-6-8-14-31/h6-30H,1-5H3. The van der Waals surface area contributed by atoms with Crippen molar-refractivity contribution in [2.45, 2.75) is 45.4 Å². The van der Waals surface area contributed by atoms with Gasteiger partial charge in [0.1, 0.15) is 5.52 Å². The van der Waals surface area contributed by atoms with E-state index in [0.717, 1.165) is 22.4 Å². The van der Waals surface area contributed by atoms with Crippen LogP contribution in [0.2, 0.25) is 0 Å². The first-order valence-corrected chi connectivity index (χ1v) is 22.5. The van der Waals surface area contributed by atoms with Crippen molar-refractivity contribution < 1.29 is 4.42 Å². The molecule has 0 N–H and O–H groups in total. The maximum absolute atomic E-state index is 6.70. The van der Waals surface area contributed by atoms with E-state index in [0.29, 0.717) is 5.89 Å². The highest BCUT2D eigenvalue weighted by atomic mass is 32.1. The quantitative estimate of drug-likeness (QED) is 0.163. The van der Waals surface area contributed by atoms with Crippen LogP contribution in [0.1, 0.15) is 51.3 Å². The molecule has 6 heteroatoms. The highest BCUT2D eigenvalue weighted by Crippen LogP contribution is 2.53. The van der Waals surface area contributed by atoms with E-state index in [9.17, 15) is 0 Å². The van der Waals surface area contributed by atoms with Crippen LogP contribution < -0.4 is 15.7 Å². The minimum Gasteiger partial charge on any atom is -0.436 e.